The van der Waals surface area contributed by atoms with Gasteiger partial charge in [0.2, 0.25) is 5.91 Å². The largest absolute Gasteiger partial charge is 0.382 e. The molecule has 0 radical (unpaired) electrons. The van der Waals surface area contributed by atoms with Crippen molar-refractivity contribution >= 4 is 40.4 Å². The average Bonchev–Trinajstić information content (AvgIpc) is 2.46. The Kier molecular flexibility index (Phi) is 3.28. The number of amides is 1. The highest BCUT2D eigenvalue weighted by atomic mass is 127. The molecule has 8 heteroatoms. The molecule has 0 saturated carbocycles. The molecule has 0 atom stereocenters. The molecule has 1 aromatic rings. The number of rotatable bonds is 4. The first-order valence-electron chi connectivity index (χ1n) is 3.60. The van der Waals surface area contributed by atoms with Crippen LogP contribution in [-0.2, 0) is 11.3 Å². The van der Waals surface area contributed by atoms with Crippen LogP contribution in [0.1, 0.15) is 5.69 Å². The number of nitrogens with zero attached hydrogens (tertiary/aromatic N) is 2. The molecule has 0 saturated heterocycles. The van der Waals surface area contributed by atoms with Gasteiger partial charge in [-0.25, -0.2) is 4.98 Å². The van der Waals surface area contributed by atoms with Crippen molar-refractivity contribution in [1.82, 2.24) is 9.55 Å². The summed E-state index contributed by atoms with van der Waals surface area (Å²) < 4.78 is 4.26. The summed E-state index contributed by atoms with van der Waals surface area (Å²) in [5, 5.41) is 7.22. The number of amidine groups is 1. The molecule has 1 aromatic heterocycles. The van der Waals surface area contributed by atoms with E-state index in [1.54, 1.807) is 0 Å². The van der Waals surface area contributed by atoms with Crippen LogP contribution in [0, 0.1) is 5.41 Å². The maximum Gasteiger partial charge on any atom is 0.237 e. The van der Waals surface area contributed by atoms with Crippen LogP contribution in [0.15, 0.2) is 6.33 Å². The van der Waals surface area contributed by atoms with Crippen molar-refractivity contribution < 1.29 is 4.79 Å². The van der Waals surface area contributed by atoms with Crippen molar-refractivity contribution in [3.8, 4) is 0 Å². The normalized spacial score (nSPS) is 9.79. The number of nitrogen functional groups attached to an aromatic ring is 1. The lowest BCUT2D eigenvalue weighted by molar-refractivity contribution is -0.118. The molecule has 0 aliphatic rings. The van der Waals surface area contributed by atoms with Gasteiger partial charge in [-0.15, -0.1) is 0 Å². The molecule has 0 fully saturated rings. The smallest absolute Gasteiger partial charge is 0.237 e. The van der Waals surface area contributed by atoms with E-state index in [9.17, 15) is 4.79 Å². The topological polar surface area (TPSA) is 123 Å². The maximum absolute atomic E-state index is 10.7. The molecular formula is C6H9IN6O. The molecule has 7 nitrogen and oxygen atoms in total. The van der Waals surface area contributed by atoms with Crippen molar-refractivity contribution in [3.63, 3.8) is 0 Å². The van der Waals surface area contributed by atoms with E-state index in [0.717, 1.165) is 0 Å². The molecule has 6 N–H and O–H groups in total. The minimum atomic E-state index is -0.481. The molecule has 0 aliphatic carbocycles. The van der Waals surface area contributed by atoms with Crippen LogP contribution in [-0.4, -0.2) is 21.3 Å². The molecule has 0 spiro atoms. The van der Waals surface area contributed by atoms with E-state index in [-0.39, 0.29) is 12.4 Å². The van der Waals surface area contributed by atoms with E-state index in [2.05, 4.69) is 8.51 Å². The van der Waals surface area contributed by atoms with E-state index in [1.165, 1.54) is 10.9 Å². The number of imidazole rings is 1. The monoisotopic (exact) mass is 308 g/mol. The molecule has 14 heavy (non-hydrogen) atoms. The van der Waals surface area contributed by atoms with Gasteiger partial charge in [0, 0.05) is 0 Å². The van der Waals surface area contributed by atoms with E-state index < -0.39 is 5.91 Å². The quantitative estimate of drug-likeness (QED) is 0.257. The second kappa shape index (κ2) is 4.26. The number of hydrogen-bond donors (Lipinski definition) is 4. The predicted octanol–water partition coefficient (Wildman–Crippen LogP) is -0.586. The van der Waals surface area contributed by atoms with Crippen LogP contribution in [0.3, 0.4) is 0 Å². The highest BCUT2D eigenvalue weighted by Gasteiger charge is 2.13. The minimum Gasteiger partial charge on any atom is -0.382 e. The van der Waals surface area contributed by atoms with Crippen LogP contribution >= 0.6 is 22.9 Å². The van der Waals surface area contributed by atoms with Crippen LogP contribution in [0.2, 0.25) is 0 Å². The molecule has 0 aliphatic heterocycles. The van der Waals surface area contributed by atoms with E-state index in [0.29, 0.717) is 11.5 Å². The number of carbonyl (C=O) groups is 1. The molecule has 0 bridgehead atoms. The number of carbonyl (C=O) groups excluding carboxylic acids is 1. The van der Waals surface area contributed by atoms with Crippen LogP contribution in [0.25, 0.3) is 0 Å². The summed E-state index contributed by atoms with van der Waals surface area (Å²) >= 11 is 1.87. The highest BCUT2D eigenvalue weighted by Crippen LogP contribution is 2.15. The second-order valence-corrected chi connectivity index (χ2v) is 3.08. The number of nitrogens with two attached hydrogens (primary N) is 2. The first-order valence-corrected chi connectivity index (χ1v) is 4.68. The van der Waals surface area contributed by atoms with Gasteiger partial charge in [0.15, 0.2) is 0 Å². The van der Waals surface area contributed by atoms with Gasteiger partial charge in [0.25, 0.3) is 0 Å². The summed E-state index contributed by atoms with van der Waals surface area (Å²) in [5.41, 5.74) is 10.6. The average molecular weight is 308 g/mol. The van der Waals surface area contributed by atoms with Crippen LogP contribution in [0.4, 0.5) is 5.82 Å². The summed E-state index contributed by atoms with van der Waals surface area (Å²) in [6, 6.07) is 0. The Morgan fingerprint density at radius 1 is 1.71 bits per heavy atom. The van der Waals surface area contributed by atoms with Gasteiger partial charge in [-0.05, 0) is 0 Å². The zero-order valence-corrected chi connectivity index (χ0v) is 9.28. The molecule has 1 rings (SSSR count). The second-order valence-electron chi connectivity index (χ2n) is 2.54. The fourth-order valence-corrected chi connectivity index (χ4v) is 1.53. The van der Waals surface area contributed by atoms with Crippen molar-refractivity contribution in [2.75, 3.05) is 3.53 Å². The van der Waals surface area contributed by atoms with Crippen LogP contribution < -0.4 is 15.0 Å². The number of hydrogen-bond acceptors (Lipinski definition) is 4. The van der Waals surface area contributed by atoms with Crippen molar-refractivity contribution in [1.29, 1.82) is 5.41 Å². The number of anilines is 1. The zero-order chi connectivity index (χ0) is 10.7. The van der Waals surface area contributed by atoms with Gasteiger partial charge in [-0.1, -0.05) is 0 Å². The van der Waals surface area contributed by atoms with Crippen molar-refractivity contribution in [2.45, 2.75) is 6.54 Å². The number of primary amides is 1. The minimum absolute atomic E-state index is 0.00557. The van der Waals surface area contributed by atoms with Gasteiger partial charge < -0.3 is 19.6 Å². The lowest BCUT2D eigenvalue weighted by Crippen LogP contribution is -2.19. The van der Waals surface area contributed by atoms with E-state index >= 15 is 0 Å². The van der Waals surface area contributed by atoms with Gasteiger partial charge in [0.1, 0.15) is 23.9 Å². The fraction of sp³-hybridized carbons (Fsp3) is 0.167. The van der Waals surface area contributed by atoms with Gasteiger partial charge in [-0.3, -0.25) is 10.2 Å². The molecule has 1 heterocycles. The van der Waals surface area contributed by atoms with Crippen molar-refractivity contribution in [3.05, 3.63) is 12.0 Å². The first-order chi connectivity index (χ1) is 6.56. The Balaban J connectivity index is 3.07. The zero-order valence-electron chi connectivity index (χ0n) is 7.12. The molecule has 0 unspecified atom stereocenters. The Hall–Kier alpha value is -1.32. The summed E-state index contributed by atoms with van der Waals surface area (Å²) in [6.45, 7) is 0.00557. The van der Waals surface area contributed by atoms with Gasteiger partial charge >= 0.3 is 0 Å². The lowest BCUT2D eigenvalue weighted by Gasteiger charge is -2.04. The van der Waals surface area contributed by atoms with Gasteiger partial charge in [-0.2, -0.15) is 0 Å². The maximum atomic E-state index is 10.7. The Bertz CT molecular complexity index is 372. The third kappa shape index (κ3) is 2.13. The molecule has 1 amide bonds. The molecular weight excluding hydrogens is 299 g/mol. The number of aromatic nitrogens is 2. The third-order valence-electron chi connectivity index (χ3n) is 1.51. The Morgan fingerprint density at radius 2 is 2.36 bits per heavy atom. The fourth-order valence-electron chi connectivity index (χ4n) is 0.966. The summed E-state index contributed by atoms with van der Waals surface area (Å²) in [6.07, 6.45) is 1.41. The Labute approximate surface area is 93.9 Å². The number of halogens is 1. The first kappa shape index (κ1) is 10.8. The lowest BCUT2D eigenvalue weighted by atomic mass is 10.4. The summed E-state index contributed by atoms with van der Waals surface area (Å²) in [7, 11) is 0. The van der Waals surface area contributed by atoms with Crippen LogP contribution in [0.5, 0.6) is 0 Å². The molecule has 76 valence electrons. The standard InChI is InChI=1S/C6H9IN6O/c7-12-6-4(5(9)10)11-2-13(6)1-3(8)14/h2,12H,1H2,(H2,8,14)(H3,9,10). The van der Waals surface area contributed by atoms with E-state index in [4.69, 9.17) is 16.9 Å². The van der Waals surface area contributed by atoms with E-state index in [1.807, 2.05) is 22.9 Å². The summed E-state index contributed by atoms with van der Waals surface area (Å²) in [5.74, 6) is -0.144. The third-order valence-corrected chi connectivity index (χ3v) is 2.02. The summed E-state index contributed by atoms with van der Waals surface area (Å²) in [4.78, 5) is 14.6. The predicted molar refractivity (Wildman–Crippen MR) is 60.1 cm³/mol. The van der Waals surface area contributed by atoms with Gasteiger partial charge in [0.05, 0.1) is 29.2 Å². The highest BCUT2D eigenvalue weighted by molar-refractivity contribution is 14.1. The Morgan fingerprint density at radius 3 is 2.79 bits per heavy atom. The number of nitrogens with one attached hydrogen (secondary N) is 2. The van der Waals surface area contributed by atoms with Crippen molar-refractivity contribution in [2.24, 2.45) is 11.5 Å². The molecule has 0 aromatic carbocycles. The SMILES string of the molecule is N=C(N)c1ncn(CC(N)=O)c1NI.